The zero-order valence-electron chi connectivity index (χ0n) is 16.1. The van der Waals surface area contributed by atoms with E-state index in [1.807, 2.05) is 0 Å². The van der Waals surface area contributed by atoms with Gasteiger partial charge in [0.2, 0.25) is 6.41 Å². The number of unbranched alkanes of at least 4 members (excludes halogenated alkanes) is 7. The zero-order chi connectivity index (χ0) is 17.8. The largest absolute Gasteiger partial charge is 0.339 e. The van der Waals surface area contributed by atoms with Gasteiger partial charge in [-0.3, -0.25) is 10.1 Å². The molecule has 0 radical (unpaired) electrons. The number of benzene rings is 1. The zero-order valence-corrected chi connectivity index (χ0v) is 16.1. The number of nitrogens with one attached hydrogen (secondary N) is 2. The summed E-state index contributed by atoms with van der Waals surface area (Å²) in [6.07, 6.45) is 11.2. The highest BCUT2D eigenvalue weighted by molar-refractivity contribution is 5.49. The van der Waals surface area contributed by atoms with Crippen LogP contribution in [0, 0.1) is 20.8 Å². The lowest BCUT2D eigenvalue weighted by molar-refractivity contribution is -0.110. The van der Waals surface area contributed by atoms with Gasteiger partial charge in [0.15, 0.2) is 0 Å². The first-order valence-electron chi connectivity index (χ1n) is 9.61. The Hall–Kier alpha value is -1.35. The Balaban J connectivity index is 2.37. The van der Waals surface area contributed by atoms with Crippen LogP contribution in [0.15, 0.2) is 12.1 Å². The highest BCUT2D eigenvalue weighted by Crippen LogP contribution is 2.20. The van der Waals surface area contributed by atoms with E-state index in [1.54, 1.807) is 0 Å². The summed E-state index contributed by atoms with van der Waals surface area (Å²) in [6, 6.07) is 4.38. The molecule has 1 amide bonds. The average molecular weight is 333 g/mol. The Labute approximate surface area is 148 Å². The third-order valence-electron chi connectivity index (χ3n) is 4.81. The highest BCUT2D eigenvalue weighted by atomic mass is 16.1. The molecule has 0 saturated heterocycles. The molecule has 1 rings (SSSR count). The Morgan fingerprint density at radius 1 is 0.875 bits per heavy atom. The van der Waals surface area contributed by atoms with Crippen LogP contribution in [-0.4, -0.2) is 13.0 Å². The normalized spacial score (nSPS) is 12.2. The van der Waals surface area contributed by atoms with Crippen molar-refractivity contribution in [2.45, 2.75) is 85.2 Å². The Kier molecular flexibility index (Phi) is 10.4. The molecule has 3 heteroatoms. The molecule has 136 valence electrons. The molecule has 0 bridgehead atoms. The molecule has 0 aliphatic heterocycles. The first-order chi connectivity index (χ1) is 11.6. The van der Waals surface area contributed by atoms with Crippen LogP contribution >= 0.6 is 0 Å². The Morgan fingerprint density at radius 2 is 1.46 bits per heavy atom. The lowest BCUT2D eigenvalue weighted by atomic mass is 9.99. The van der Waals surface area contributed by atoms with Crippen molar-refractivity contribution in [3.8, 4) is 0 Å². The highest BCUT2D eigenvalue weighted by Gasteiger charge is 2.13. The second-order valence-electron chi connectivity index (χ2n) is 6.94. The minimum Gasteiger partial charge on any atom is -0.339 e. The third kappa shape index (κ3) is 7.48. The Morgan fingerprint density at radius 3 is 2.08 bits per heavy atom. The van der Waals surface area contributed by atoms with Crippen molar-refractivity contribution in [2.24, 2.45) is 0 Å². The van der Waals surface area contributed by atoms with Gasteiger partial charge in [-0.05, 0) is 56.0 Å². The number of carbonyl (C=O) groups is 1. The maximum Gasteiger partial charge on any atom is 0.208 e. The molecule has 3 nitrogen and oxygen atoms in total. The van der Waals surface area contributed by atoms with Crippen LogP contribution in [-0.2, 0) is 4.79 Å². The van der Waals surface area contributed by atoms with E-state index in [2.05, 4.69) is 50.5 Å². The van der Waals surface area contributed by atoms with Gasteiger partial charge in [0.25, 0.3) is 0 Å². The van der Waals surface area contributed by atoms with Gasteiger partial charge >= 0.3 is 0 Å². The molecule has 2 N–H and O–H groups in total. The fraction of sp³-hybridized carbons (Fsp3) is 0.667. The van der Waals surface area contributed by atoms with E-state index in [0.717, 1.165) is 19.4 Å². The predicted octanol–water partition coefficient (Wildman–Crippen LogP) is 5.09. The quantitative estimate of drug-likeness (QED) is 0.300. The molecule has 1 unspecified atom stereocenters. The van der Waals surface area contributed by atoms with Crippen LogP contribution in [0.5, 0.6) is 0 Å². The maximum atomic E-state index is 11.0. The molecule has 0 aliphatic rings. The molecule has 0 aromatic heterocycles. The molecule has 0 heterocycles. The van der Waals surface area contributed by atoms with Crippen LogP contribution in [0.2, 0.25) is 0 Å². The van der Waals surface area contributed by atoms with Crippen molar-refractivity contribution >= 4 is 6.41 Å². The number of hydrogen-bond acceptors (Lipinski definition) is 2. The van der Waals surface area contributed by atoms with Crippen molar-refractivity contribution in [2.75, 3.05) is 6.54 Å². The molecule has 1 aromatic rings. The van der Waals surface area contributed by atoms with Gasteiger partial charge < -0.3 is 5.32 Å². The molecular formula is C21H36N2O. The first kappa shape index (κ1) is 20.7. The van der Waals surface area contributed by atoms with E-state index < -0.39 is 0 Å². The van der Waals surface area contributed by atoms with Gasteiger partial charge in [-0.1, -0.05) is 64.0 Å². The van der Waals surface area contributed by atoms with Gasteiger partial charge in [0, 0.05) is 0 Å². The summed E-state index contributed by atoms with van der Waals surface area (Å²) in [5.74, 6) is 0. The monoisotopic (exact) mass is 332 g/mol. The molecule has 0 saturated carbocycles. The van der Waals surface area contributed by atoms with Gasteiger partial charge in [-0.2, -0.15) is 0 Å². The number of amides is 1. The molecule has 0 fully saturated rings. The molecule has 1 aromatic carbocycles. The van der Waals surface area contributed by atoms with Crippen LogP contribution in [0.3, 0.4) is 0 Å². The summed E-state index contributed by atoms with van der Waals surface area (Å²) < 4.78 is 0. The second kappa shape index (κ2) is 12.1. The lowest BCUT2D eigenvalue weighted by Crippen LogP contribution is -2.34. The summed E-state index contributed by atoms with van der Waals surface area (Å²) in [6.45, 7) is 9.55. The fourth-order valence-corrected chi connectivity index (χ4v) is 3.13. The molecular weight excluding hydrogens is 296 g/mol. The lowest BCUT2D eigenvalue weighted by Gasteiger charge is -2.21. The van der Waals surface area contributed by atoms with Crippen molar-refractivity contribution in [1.82, 2.24) is 10.6 Å². The van der Waals surface area contributed by atoms with Crippen molar-refractivity contribution in [3.05, 3.63) is 34.4 Å². The smallest absolute Gasteiger partial charge is 0.208 e. The van der Waals surface area contributed by atoms with E-state index in [-0.39, 0.29) is 6.17 Å². The summed E-state index contributed by atoms with van der Waals surface area (Å²) in [4.78, 5) is 11.0. The predicted molar refractivity (Wildman–Crippen MR) is 103 cm³/mol. The Bertz CT molecular complexity index is 485. The van der Waals surface area contributed by atoms with Crippen LogP contribution < -0.4 is 10.6 Å². The number of hydrogen-bond donors (Lipinski definition) is 2. The standard InChI is InChI=1S/C21H36N2O/c1-5-6-7-8-9-10-11-12-13-22-21(23-16-24)20-15-18(3)17(2)14-19(20)4/h14-16,21-22H,5-13H2,1-4H3,(H,23,24). The number of carbonyl (C=O) groups excluding carboxylic acids is 1. The van der Waals surface area contributed by atoms with Crippen LogP contribution in [0.1, 0.15) is 86.7 Å². The summed E-state index contributed by atoms with van der Waals surface area (Å²) in [5.41, 5.74) is 4.96. The average Bonchev–Trinajstić information content (AvgIpc) is 2.56. The van der Waals surface area contributed by atoms with Crippen molar-refractivity contribution in [3.63, 3.8) is 0 Å². The van der Waals surface area contributed by atoms with E-state index in [0.29, 0.717) is 0 Å². The molecule has 0 spiro atoms. The topological polar surface area (TPSA) is 41.1 Å². The summed E-state index contributed by atoms with van der Waals surface area (Å²) in [5, 5.41) is 6.41. The maximum absolute atomic E-state index is 11.0. The van der Waals surface area contributed by atoms with Crippen molar-refractivity contribution in [1.29, 1.82) is 0 Å². The van der Waals surface area contributed by atoms with Gasteiger partial charge in [0.05, 0.1) is 0 Å². The molecule has 24 heavy (non-hydrogen) atoms. The van der Waals surface area contributed by atoms with Gasteiger partial charge in [-0.15, -0.1) is 0 Å². The van der Waals surface area contributed by atoms with E-state index in [9.17, 15) is 4.79 Å². The van der Waals surface area contributed by atoms with Crippen molar-refractivity contribution < 1.29 is 4.79 Å². The number of aryl methyl sites for hydroxylation is 3. The van der Waals surface area contributed by atoms with Crippen LogP contribution in [0.4, 0.5) is 0 Å². The van der Waals surface area contributed by atoms with Gasteiger partial charge in [0.1, 0.15) is 6.17 Å². The van der Waals surface area contributed by atoms with E-state index in [4.69, 9.17) is 0 Å². The van der Waals surface area contributed by atoms with E-state index >= 15 is 0 Å². The minimum atomic E-state index is -0.0913. The molecule has 0 aliphatic carbocycles. The fourth-order valence-electron chi connectivity index (χ4n) is 3.13. The second-order valence-corrected chi connectivity index (χ2v) is 6.94. The molecule has 1 atom stereocenters. The third-order valence-corrected chi connectivity index (χ3v) is 4.81. The first-order valence-corrected chi connectivity index (χ1v) is 9.61. The van der Waals surface area contributed by atoms with E-state index in [1.165, 1.54) is 67.2 Å². The summed E-state index contributed by atoms with van der Waals surface area (Å²) in [7, 11) is 0. The summed E-state index contributed by atoms with van der Waals surface area (Å²) >= 11 is 0. The minimum absolute atomic E-state index is 0.0913. The van der Waals surface area contributed by atoms with Gasteiger partial charge in [-0.25, -0.2) is 0 Å². The van der Waals surface area contributed by atoms with Crippen LogP contribution in [0.25, 0.3) is 0 Å². The SMILES string of the molecule is CCCCCCCCCCNC(NC=O)c1cc(C)c(C)cc1C. The number of rotatable bonds is 13.